The van der Waals surface area contributed by atoms with Gasteiger partial charge >= 0.3 is 5.97 Å². The van der Waals surface area contributed by atoms with Crippen molar-refractivity contribution in [3.05, 3.63) is 46.8 Å². The van der Waals surface area contributed by atoms with Gasteiger partial charge in [-0.1, -0.05) is 0 Å². The number of amides is 1. The molecule has 1 aliphatic rings. The van der Waals surface area contributed by atoms with Crippen molar-refractivity contribution in [2.24, 2.45) is 0 Å². The standard InChI is InChI=1S/C21H24N2O5S/c1-12-7-16(14(3)23(12)13(2)9-27-4)18(24)10-28-21(26)15-5-6-19-17(8-15)22-20(25)11-29-19/h5-8,13H,9-11H2,1-4H3,(H,22,25)/t13-/m0/s1. The molecule has 0 radical (unpaired) electrons. The molecular formula is C21H24N2O5S. The predicted octanol–water partition coefficient (Wildman–Crippen LogP) is 3.40. The number of carbonyl (C=O) groups excluding carboxylic acids is 3. The number of aromatic nitrogens is 1. The minimum Gasteiger partial charge on any atom is -0.454 e. The highest BCUT2D eigenvalue weighted by Crippen LogP contribution is 2.32. The number of nitrogens with zero attached hydrogens (tertiary/aromatic N) is 1. The Kier molecular flexibility index (Phi) is 6.44. The molecule has 1 aromatic heterocycles. The van der Waals surface area contributed by atoms with Gasteiger partial charge in [0, 0.05) is 29.0 Å². The number of fused-ring (bicyclic) bond motifs is 1. The van der Waals surface area contributed by atoms with Crippen LogP contribution in [0.2, 0.25) is 0 Å². The molecule has 1 aliphatic heterocycles. The van der Waals surface area contributed by atoms with E-state index in [4.69, 9.17) is 9.47 Å². The number of benzene rings is 1. The number of esters is 1. The summed E-state index contributed by atoms with van der Waals surface area (Å²) in [5.74, 6) is -0.620. The highest BCUT2D eigenvalue weighted by atomic mass is 32.2. The molecule has 8 heteroatoms. The molecule has 7 nitrogen and oxygen atoms in total. The fraction of sp³-hybridized carbons (Fsp3) is 0.381. The molecule has 1 aromatic carbocycles. The molecular weight excluding hydrogens is 392 g/mol. The van der Waals surface area contributed by atoms with Crippen LogP contribution in [0.15, 0.2) is 29.2 Å². The van der Waals surface area contributed by atoms with Crippen molar-refractivity contribution in [1.29, 1.82) is 0 Å². The summed E-state index contributed by atoms with van der Waals surface area (Å²) < 4.78 is 12.5. The van der Waals surface area contributed by atoms with E-state index in [9.17, 15) is 14.4 Å². The zero-order valence-corrected chi connectivity index (χ0v) is 17.7. The number of aryl methyl sites for hydroxylation is 1. The summed E-state index contributed by atoms with van der Waals surface area (Å²) in [7, 11) is 1.64. The molecule has 0 saturated carbocycles. The second kappa shape index (κ2) is 8.84. The van der Waals surface area contributed by atoms with E-state index >= 15 is 0 Å². The van der Waals surface area contributed by atoms with Gasteiger partial charge in [-0.15, -0.1) is 11.8 Å². The van der Waals surface area contributed by atoms with E-state index < -0.39 is 5.97 Å². The van der Waals surface area contributed by atoms with Crippen molar-refractivity contribution in [3.63, 3.8) is 0 Å². The molecule has 154 valence electrons. The number of carbonyl (C=O) groups is 3. The third-order valence-corrected chi connectivity index (χ3v) is 5.89. The van der Waals surface area contributed by atoms with Crippen LogP contribution in [0.1, 0.15) is 45.1 Å². The molecule has 2 heterocycles. The molecule has 0 unspecified atom stereocenters. The number of Topliss-reactive ketones (excluding diaryl/α,β-unsaturated/α-hetero) is 1. The lowest BCUT2D eigenvalue weighted by molar-refractivity contribution is -0.113. The fourth-order valence-electron chi connectivity index (χ4n) is 3.56. The lowest BCUT2D eigenvalue weighted by Gasteiger charge is -2.17. The normalized spacial score (nSPS) is 14.1. The van der Waals surface area contributed by atoms with Crippen molar-refractivity contribution >= 4 is 35.1 Å². The number of rotatable bonds is 7. The average Bonchev–Trinajstić information content (AvgIpc) is 2.99. The zero-order chi connectivity index (χ0) is 21.1. The van der Waals surface area contributed by atoms with E-state index in [2.05, 4.69) is 5.32 Å². The molecule has 0 aliphatic carbocycles. The highest BCUT2D eigenvalue weighted by molar-refractivity contribution is 8.00. The number of nitrogens with one attached hydrogen (secondary N) is 1. The Labute approximate surface area is 173 Å². The number of hydrogen-bond donors (Lipinski definition) is 1. The Hall–Kier alpha value is -2.58. The summed E-state index contributed by atoms with van der Waals surface area (Å²) in [4.78, 5) is 37.4. The van der Waals surface area contributed by atoms with Crippen LogP contribution in [0, 0.1) is 13.8 Å². The van der Waals surface area contributed by atoms with Crippen LogP contribution >= 0.6 is 11.8 Å². The molecule has 1 amide bonds. The number of thioether (sulfide) groups is 1. The Morgan fingerprint density at radius 1 is 1.28 bits per heavy atom. The van der Waals surface area contributed by atoms with E-state index in [-0.39, 0.29) is 24.3 Å². The molecule has 2 aromatic rings. The first-order chi connectivity index (χ1) is 13.8. The van der Waals surface area contributed by atoms with Crippen molar-refractivity contribution in [3.8, 4) is 0 Å². The maximum atomic E-state index is 12.6. The minimum atomic E-state index is -0.604. The first kappa shape index (κ1) is 21.1. The predicted molar refractivity (Wildman–Crippen MR) is 111 cm³/mol. The fourth-order valence-corrected chi connectivity index (χ4v) is 4.34. The second-order valence-electron chi connectivity index (χ2n) is 7.01. The van der Waals surface area contributed by atoms with E-state index in [0.717, 1.165) is 16.3 Å². The van der Waals surface area contributed by atoms with E-state index in [0.29, 0.717) is 29.2 Å². The van der Waals surface area contributed by atoms with Crippen LogP contribution in [-0.2, 0) is 14.3 Å². The lowest BCUT2D eigenvalue weighted by atomic mass is 10.1. The molecule has 3 rings (SSSR count). The van der Waals surface area contributed by atoms with Crippen molar-refractivity contribution in [1.82, 2.24) is 4.57 Å². The third kappa shape index (κ3) is 4.54. The van der Waals surface area contributed by atoms with E-state index in [1.54, 1.807) is 25.3 Å². The van der Waals surface area contributed by atoms with Crippen molar-refractivity contribution in [2.75, 3.05) is 31.4 Å². The Balaban J connectivity index is 1.68. The second-order valence-corrected chi connectivity index (χ2v) is 8.02. The van der Waals surface area contributed by atoms with Crippen LogP contribution in [0.3, 0.4) is 0 Å². The Morgan fingerprint density at radius 3 is 2.76 bits per heavy atom. The van der Waals surface area contributed by atoms with Gasteiger partial charge < -0.3 is 19.4 Å². The largest absolute Gasteiger partial charge is 0.454 e. The van der Waals surface area contributed by atoms with Crippen LogP contribution in [0.4, 0.5) is 5.69 Å². The average molecular weight is 416 g/mol. The first-order valence-corrected chi connectivity index (χ1v) is 10.2. The van der Waals surface area contributed by atoms with Crippen molar-refractivity contribution in [2.45, 2.75) is 31.7 Å². The minimum absolute atomic E-state index is 0.0904. The summed E-state index contributed by atoms with van der Waals surface area (Å²) in [6, 6.07) is 6.87. The van der Waals surface area contributed by atoms with E-state index in [1.165, 1.54) is 11.8 Å². The summed E-state index contributed by atoms with van der Waals surface area (Å²) in [5, 5.41) is 2.74. The number of anilines is 1. The monoisotopic (exact) mass is 416 g/mol. The summed E-state index contributed by atoms with van der Waals surface area (Å²) in [5.41, 5.74) is 3.18. The molecule has 1 N–H and O–H groups in total. The SMILES string of the molecule is COC[C@H](C)n1c(C)cc(C(=O)COC(=O)c2ccc3c(c2)NC(=O)CS3)c1C. The van der Waals surface area contributed by atoms with Crippen LogP contribution in [-0.4, -0.2) is 48.3 Å². The van der Waals surface area contributed by atoms with Gasteiger partial charge in [0.05, 0.1) is 29.7 Å². The van der Waals surface area contributed by atoms with Crippen LogP contribution in [0.5, 0.6) is 0 Å². The Bertz CT molecular complexity index is 966. The summed E-state index contributed by atoms with van der Waals surface area (Å²) >= 11 is 1.41. The highest BCUT2D eigenvalue weighted by Gasteiger charge is 2.21. The van der Waals surface area contributed by atoms with Gasteiger partial charge in [-0.25, -0.2) is 4.79 Å². The first-order valence-electron chi connectivity index (χ1n) is 9.26. The van der Waals surface area contributed by atoms with Gasteiger partial charge in [-0.05, 0) is 45.0 Å². The quantitative estimate of drug-likeness (QED) is 0.550. The maximum absolute atomic E-state index is 12.6. The van der Waals surface area contributed by atoms with Gasteiger partial charge in [0.1, 0.15) is 0 Å². The number of ether oxygens (including phenoxy) is 2. The molecule has 0 spiro atoms. The smallest absolute Gasteiger partial charge is 0.338 e. The van der Waals surface area contributed by atoms with Crippen LogP contribution in [0.25, 0.3) is 0 Å². The van der Waals surface area contributed by atoms with Gasteiger partial charge in [-0.2, -0.15) is 0 Å². The van der Waals surface area contributed by atoms with Gasteiger partial charge in [0.25, 0.3) is 0 Å². The number of ketones is 1. The zero-order valence-electron chi connectivity index (χ0n) is 16.9. The summed E-state index contributed by atoms with van der Waals surface area (Å²) in [6.07, 6.45) is 0. The van der Waals surface area contributed by atoms with Gasteiger partial charge in [-0.3, -0.25) is 9.59 Å². The number of hydrogen-bond acceptors (Lipinski definition) is 6. The van der Waals surface area contributed by atoms with Crippen LogP contribution < -0.4 is 5.32 Å². The molecule has 0 fully saturated rings. The van der Waals surface area contributed by atoms with Gasteiger partial charge in [0.2, 0.25) is 11.7 Å². The maximum Gasteiger partial charge on any atom is 0.338 e. The Morgan fingerprint density at radius 2 is 2.03 bits per heavy atom. The molecule has 1 atom stereocenters. The van der Waals surface area contributed by atoms with Gasteiger partial charge in [0.15, 0.2) is 6.61 Å². The topological polar surface area (TPSA) is 86.6 Å². The van der Waals surface area contributed by atoms with Crippen molar-refractivity contribution < 1.29 is 23.9 Å². The molecule has 0 bridgehead atoms. The summed E-state index contributed by atoms with van der Waals surface area (Å²) in [6.45, 7) is 6.01. The third-order valence-electron chi connectivity index (χ3n) is 4.82. The van der Waals surface area contributed by atoms with E-state index in [1.807, 2.05) is 31.4 Å². The number of methoxy groups -OCH3 is 1. The lowest BCUT2D eigenvalue weighted by Crippen LogP contribution is -2.20. The molecule has 0 saturated heterocycles. The molecule has 29 heavy (non-hydrogen) atoms.